The Labute approximate surface area is 149 Å². The Morgan fingerprint density at radius 3 is 1.80 bits per heavy atom. The van der Waals surface area contributed by atoms with Gasteiger partial charge in [0, 0.05) is 11.4 Å². The fourth-order valence-electron chi connectivity index (χ4n) is 2.42. The fourth-order valence-corrected chi connectivity index (χ4v) is 2.42. The van der Waals surface area contributed by atoms with Crippen molar-refractivity contribution in [3.8, 4) is 0 Å². The van der Waals surface area contributed by atoms with Gasteiger partial charge in [0.25, 0.3) is 0 Å². The van der Waals surface area contributed by atoms with Gasteiger partial charge in [0.1, 0.15) is 0 Å². The molecule has 0 aliphatic rings. The Morgan fingerprint density at radius 2 is 1.32 bits per heavy atom. The normalized spacial score (nSPS) is 10.8. The van der Waals surface area contributed by atoms with Crippen molar-refractivity contribution in [3.05, 3.63) is 60.2 Å². The number of hydrogen-bond acceptors (Lipinski definition) is 3. The molecule has 5 heteroatoms. The lowest BCUT2D eigenvalue weighted by molar-refractivity contribution is -0.119. The standard InChI is InChI=1S/C20H25N3O2/c1-15(2)16-9-11-18(12-10-16)22-20(25)14-23(3)13-19(24)21-17-7-5-4-6-8-17/h4-12,15H,13-14H2,1-3H3,(H,21,24)(H,22,25). The predicted molar refractivity (Wildman–Crippen MR) is 102 cm³/mol. The number of carbonyl (C=O) groups is 2. The maximum atomic E-state index is 12.1. The number of para-hydroxylation sites is 1. The zero-order valence-electron chi connectivity index (χ0n) is 15.0. The van der Waals surface area contributed by atoms with Crippen molar-refractivity contribution in [2.24, 2.45) is 0 Å². The first-order valence-electron chi connectivity index (χ1n) is 8.37. The molecule has 2 N–H and O–H groups in total. The molecule has 0 aromatic heterocycles. The monoisotopic (exact) mass is 339 g/mol. The van der Waals surface area contributed by atoms with E-state index < -0.39 is 0 Å². The van der Waals surface area contributed by atoms with Crippen molar-refractivity contribution in [1.82, 2.24) is 4.90 Å². The van der Waals surface area contributed by atoms with E-state index in [-0.39, 0.29) is 24.9 Å². The molecule has 0 unspecified atom stereocenters. The minimum Gasteiger partial charge on any atom is -0.325 e. The van der Waals surface area contributed by atoms with Crippen molar-refractivity contribution in [3.63, 3.8) is 0 Å². The van der Waals surface area contributed by atoms with Gasteiger partial charge in [-0.3, -0.25) is 14.5 Å². The van der Waals surface area contributed by atoms with Gasteiger partial charge in [0.05, 0.1) is 13.1 Å². The average molecular weight is 339 g/mol. The quantitative estimate of drug-likeness (QED) is 0.813. The summed E-state index contributed by atoms with van der Waals surface area (Å²) in [5, 5.41) is 5.65. The molecule has 2 aromatic rings. The summed E-state index contributed by atoms with van der Waals surface area (Å²) < 4.78 is 0. The Morgan fingerprint density at radius 1 is 0.840 bits per heavy atom. The number of rotatable bonds is 7. The summed E-state index contributed by atoms with van der Waals surface area (Å²) in [6, 6.07) is 17.1. The van der Waals surface area contributed by atoms with Crippen molar-refractivity contribution >= 4 is 23.2 Å². The molecule has 0 heterocycles. The number of likely N-dealkylation sites (N-methyl/N-ethyl adjacent to an activating group) is 1. The fraction of sp³-hybridized carbons (Fsp3) is 0.300. The summed E-state index contributed by atoms with van der Waals surface area (Å²) in [6.45, 7) is 4.55. The zero-order chi connectivity index (χ0) is 18.2. The maximum Gasteiger partial charge on any atom is 0.238 e. The van der Waals surface area contributed by atoms with Gasteiger partial charge in [0.2, 0.25) is 11.8 Å². The van der Waals surface area contributed by atoms with Crippen molar-refractivity contribution in [2.75, 3.05) is 30.8 Å². The van der Waals surface area contributed by atoms with Gasteiger partial charge in [-0.1, -0.05) is 44.2 Å². The molecular formula is C20H25N3O2. The van der Waals surface area contributed by atoms with Gasteiger partial charge in [0.15, 0.2) is 0 Å². The van der Waals surface area contributed by atoms with E-state index in [1.807, 2.05) is 54.6 Å². The van der Waals surface area contributed by atoms with E-state index in [9.17, 15) is 9.59 Å². The van der Waals surface area contributed by atoms with Crippen LogP contribution < -0.4 is 10.6 Å². The summed E-state index contributed by atoms with van der Waals surface area (Å²) in [5.41, 5.74) is 2.74. The lowest BCUT2D eigenvalue weighted by Crippen LogP contribution is -2.36. The van der Waals surface area contributed by atoms with Crippen LogP contribution in [0.5, 0.6) is 0 Å². The molecule has 0 aliphatic carbocycles. The van der Waals surface area contributed by atoms with Crippen LogP contribution in [0.4, 0.5) is 11.4 Å². The van der Waals surface area contributed by atoms with Gasteiger partial charge >= 0.3 is 0 Å². The second-order valence-corrected chi connectivity index (χ2v) is 6.41. The summed E-state index contributed by atoms with van der Waals surface area (Å²) in [5.74, 6) is 0.161. The number of anilines is 2. The van der Waals surface area contributed by atoms with Crippen LogP contribution in [0.2, 0.25) is 0 Å². The number of nitrogens with one attached hydrogen (secondary N) is 2. The molecule has 0 saturated heterocycles. The van der Waals surface area contributed by atoms with Crippen LogP contribution in [-0.4, -0.2) is 36.9 Å². The Bertz CT molecular complexity index is 697. The van der Waals surface area contributed by atoms with Gasteiger partial charge in [-0.15, -0.1) is 0 Å². The first-order valence-corrected chi connectivity index (χ1v) is 8.37. The topological polar surface area (TPSA) is 61.4 Å². The first-order chi connectivity index (χ1) is 11.9. The summed E-state index contributed by atoms with van der Waals surface area (Å²) in [6.07, 6.45) is 0. The van der Waals surface area contributed by atoms with E-state index in [0.717, 1.165) is 11.4 Å². The highest BCUT2D eigenvalue weighted by Gasteiger charge is 2.11. The maximum absolute atomic E-state index is 12.1. The van der Waals surface area contributed by atoms with Crippen LogP contribution in [0.1, 0.15) is 25.3 Å². The number of benzene rings is 2. The van der Waals surface area contributed by atoms with E-state index in [1.54, 1.807) is 11.9 Å². The summed E-state index contributed by atoms with van der Waals surface area (Å²) >= 11 is 0. The Balaban J connectivity index is 1.78. The lowest BCUT2D eigenvalue weighted by Gasteiger charge is -2.16. The second-order valence-electron chi connectivity index (χ2n) is 6.41. The molecule has 0 saturated carbocycles. The predicted octanol–water partition coefficient (Wildman–Crippen LogP) is 3.32. The summed E-state index contributed by atoms with van der Waals surface area (Å²) in [4.78, 5) is 25.8. The molecule has 0 spiro atoms. The number of amides is 2. The smallest absolute Gasteiger partial charge is 0.238 e. The lowest BCUT2D eigenvalue weighted by atomic mass is 10.0. The van der Waals surface area contributed by atoms with Crippen LogP contribution in [0.3, 0.4) is 0 Å². The highest BCUT2D eigenvalue weighted by atomic mass is 16.2. The third kappa shape index (κ3) is 6.39. The minimum atomic E-state index is -0.150. The van der Waals surface area contributed by atoms with Gasteiger partial charge in [-0.05, 0) is 42.8 Å². The molecule has 2 aromatic carbocycles. The third-order valence-corrected chi connectivity index (χ3v) is 3.75. The van der Waals surface area contributed by atoms with Crippen molar-refractivity contribution in [2.45, 2.75) is 19.8 Å². The third-order valence-electron chi connectivity index (χ3n) is 3.75. The SMILES string of the molecule is CC(C)c1ccc(NC(=O)CN(C)CC(=O)Nc2ccccc2)cc1. The van der Waals surface area contributed by atoms with Crippen molar-refractivity contribution < 1.29 is 9.59 Å². The van der Waals surface area contributed by atoms with Crippen LogP contribution in [0, 0.1) is 0 Å². The molecule has 2 amide bonds. The second kappa shape index (κ2) is 8.99. The molecule has 0 radical (unpaired) electrons. The van der Waals surface area contributed by atoms with Gasteiger partial charge < -0.3 is 10.6 Å². The molecular weight excluding hydrogens is 314 g/mol. The Hall–Kier alpha value is -2.66. The molecule has 2 rings (SSSR count). The molecule has 5 nitrogen and oxygen atoms in total. The number of carbonyl (C=O) groups excluding carboxylic acids is 2. The van der Waals surface area contributed by atoms with Crippen LogP contribution >= 0.6 is 0 Å². The van der Waals surface area contributed by atoms with Gasteiger partial charge in [-0.2, -0.15) is 0 Å². The van der Waals surface area contributed by atoms with Crippen LogP contribution in [0.25, 0.3) is 0 Å². The van der Waals surface area contributed by atoms with Crippen LogP contribution in [-0.2, 0) is 9.59 Å². The van der Waals surface area contributed by atoms with Crippen LogP contribution in [0.15, 0.2) is 54.6 Å². The highest BCUT2D eigenvalue weighted by molar-refractivity contribution is 5.94. The minimum absolute atomic E-state index is 0.146. The molecule has 132 valence electrons. The summed E-state index contributed by atoms with van der Waals surface area (Å²) in [7, 11) is 1.74. The first kappa shape index (κ1) is 18.7. The van der Waals surface area contributed by atoms with Crippen molar-refractivity contribution in [1.29, 1.82) is 0 Å². The van der Waals surface area contributed by atoms with Gasteiger partial charge in [-0.25, -0.2) is 0 Å². The number of nitrogens with zero attached hydrogens (tertiary/aromatic N) is 1. The molecule has 0 aliphatic heterocycles. The zero-order valence-corrected chi connectivity index (χ0v) is 15.0. The molecule has 0 atom stereocenters. The molecule has 25 heavy (non-hydrogen) atoms. The highest BCUT2D eigenvalue weighted by Crippen LogP contribution is 2.17. The Kier molecular flexibility index (Phi) is 6.71. The van der Waals surface area contributed by atoms with E-state index in [0.29, 0.717) is 5.92 Å². The van der Waals surface area contributed by atoms with E-state index in [1.165, 1.54) is 5.56 Å². The van der Waals surface area contributed by atoms with E-state index in [4.69, 9.17) is 0 Å². The van der Waals surface area contributed by atoms with E-state index >= 15 is 0 Å². The number of hydrogen-bond donors (Lipinski definition) is 2. The van der Waals surface area contributed by atoms with E-state index in [2.05, 4.69) is 24.5 Å². The average Bonchev–Trinajstić information content (AvgIpc) is 2.55. The largest absolute Gasteiger partial charge is 0.325 e. The molecule has 0 fully saturated rings. The molecule has 0 bridgehead atoms.